The lowest BCUT2D eigenvalue weighted by molar-refractivity contribution is 0.244. The van der Waals surface area contributed by atoms with Crippen LogP contribution in [0.1, 0.15) is 44.9 Å². The van der Waals surface area contributed by atoms with Gasteiger partial charge in [-0.1, -0.05) is 62.1 Å². The van der Waals surface area contributed by atoms with E-state index in [0.717, 1.165) is 54.3 Å². The molecule has 1 amide bonds. The predicted molar refractivity (Wildman–Crippen MR) is 122 cm³/mol. The maximum Gasteiger partial charge on any atom is 0.326 e. The minimum atomic E-state index is -0.0557. The zero-order valence-corrected chi connectivity index (χ0v) is 17.3. The molecule has 0 atom stereocenters. The van der Waals surface area contributed by atoms with Crippen molar-refractivity contribution >= 4 is 27.8 Å². The van der Waals surface area contributed by atoms with Gasteiger partial charge in [-0.3, -0.25) is 4.57 Å². The normalized spacial score (nSPS) is 11.3. The number of benzene rings is 2. The SMILES string of the molecule is NCCCCCCCCNCCCNC(=O)n1c2ccccc2c2ccccc21. The Labute approximate surface area is 173 Å². The number of unbranched alkanes of at least 4 members (excludes halogenated alkanes) is 5. The van der Waals surface area contributed by atoms with E-state index in [2.05, 4.69) is 22.8 Å². The summed E-state index contributed by atoms with van der Waals surface area (Å²) in [6, 6.07) is 16.1. The Hall–Kier alpha value is -2.37. The van der Waals surface area contributed by atoms with Crippen LogP contribution in [-0.2, 0) is 0 Å². The number of fused-ring (bicyclic) bond motifs is 3. The molecule has 2 aromatic carbocycles. The molecular formula is C24H34N4O. The summed E-state index contributed by atoms with van der Waals surface area (Å²) in [7, 11) is 0. The summed E-state index contributed by atoms with van der Waals surface area (Å²) in [5.74, 6) is 0. The Morgan fingerprint density at radius 3 is 1.93 bits per heavy atom. The van der Waals surface area contributed by atoms with Crippen LogP contribution >= 0.6 is 0 Å². The summed E-state index contributed by atoms with van der Waals surface area (Å²) < 4.78 is 1.79. The molecule has 0 unspecified atom stereocenters. The van der Waals surface area contributed by atoms with Gasteiger partial charge in [0, 0.05) is 17.3 Å². The Balaban J connectivity index is 1.38. The fourth-order valence-corrected chi connectivity index (χ4v) is 3.86. The summed E-state index contributed by atoms with van der Waals surface area (Å²) in [5.41, 5.74) is 7.42. The molecule has 0 spiro atoms. The molecular weight excluding hydrogens is 360 g/mol. The molecule has 1 aromatic heterocycles. The molecule has 3 aromatic rings. The predicted octanol–water partition coefficient (Wildman–Crippen LogP) is 4.63. The standard InChI is InChI=1S/C24H34N4O/c25-16-9-3-1-2-4-10-17-26-18-11-19-27-24(29)28-22-14-7-5-12-20(22)21-13-6-8-15-23(21)28/h5-8,12-15,26H,1-4,9-11,16-19,25H2,(H,27,29). The van der Waals surface area contributed by atoms with Crippen LogP contribution in [0.2, 0.25) is 0 Å². The van der Waals surface area contributed by atoms with Gasteiger partial charge in [0.15, 0.2) is 0 Å². The van der Waals surface area contributed by atoms with E-state index < -0.39 is 0 Å². The van der Waals surface area contributed by atoms with E-state index in [-0.39, 0.29) is 6.03 Å². The Morgan fingerprint density at radius 1 is 0.724 bits per heavy atom. The van der Waals surface area contributed by atoms with Crippen LogP contribution in [0.25, 0.3) is 21.8 Å². The van der Waals surface area contributed by atoms with Gasteiger partial charge >= 0.3 is 6.03 Å². The fourth-order valence-electron chi connectivity index (χ4n) is 3.86. The lowest BCUT2D eigenvalue weighted by atomic mass is 10.1. The molecule has 0 saturated carbocycles. The first-order valence-electron chi connectivity index (χ1n) is 11.0. The highest BCUT2D eigenvalue weighted by Gasteiger charge is 2.14. The van der Waals surface area contributed by atoms with Gasteiger partial charge in [-0.15, -0.1) is 0 Å². The third-order valence-electron chi connectivity index (χ3n) is 5.40. The van der Waals surface area contributed by atoms with E-state index in [9.17, 15) is 4.79 Å². The fraction of sp³-hybridized carbons (Fsp3) is 0.458. The minimum absolute atomic E-state index is 0.0557. The van der Waals surface area contributed by atoms with Crippen molar-refractivity contribution in [1.82, 2.24) is 15.2 Å². The van der Waals surface area contributed by atoms with Crippen LogP contribution < -0.4 is 16.4 Å². The monoisotopic (exact) mass is 394 g/mol. The molecule has 0 aliphatic carbocycles. The second-order valence-electron chi connectivity index (χ2n) is 7.62. The summed E-state index contributed by atoms with van der Waals surface area (Å²) in [6.45, 7) is 3.47. The third-order valence-corrected chi connectivity index (χ3v) is 5.40. The topological polar surface area (TPSA) is 72.1 Å². The summed E-state index contributed by atoms with van der Waals surface area (Å²) in [6.07, 6.45) is 8.44. The number of hydrogen-bond acceptors (Lipinski definition) is 3. The van der Waals surface area contributed by atoms with Gasteiger partial charge in [-0.05, 0) is 51.0 Å². The van der Waals surface area contributed by atoms with Crippen molar-refractivity contribution in [3.05, 3.63) is 48.5 Å². The van der Waals surface area contributed by atoms with Crippen molar-refractivity contribution < 1.29 is 4.79 Å². The van der Waals surface area contributed by atoms with E-state index in [1.807, 2.05) is 36.4 Å². The van der Waals surface area contributed by atoms with Crippen molar-refractivity contribution in [3.63, 3.8) is 0 Å². The van der Waals surface area contributed by atoms with Crippen LogP contribution in [0.5, 0.6) is 0 Å². The third kappa shape index (κ3) is 5.81. The van der Waals surface area contributed by atoms with Gasteiger partial charge in [0.2, 0.25) is 0 Å². The molecule has 3 rings (SSSR count). The molecule has 0 aliphatic heterocycles. The van der Waals surface area contributed by atoms with E-state index in [0.29, 0.717) is 6.54 Å². The Kier molecular flexibility index (Phi) is 8.53. The molecule has 4 N–H and O–H groups in total. The van der Waals surface area contributed by atoms with Gasteiger partial charge in [0.05, 0.1) is 11.0 Å². The highest BCUT2D eigenvalue weighted by Crippen LogP contribution is 2.28. The molecule has 156 valence electrons. The quantitative estimate of drug-likeness (QED) is 0.392. The number of hydrogen-bond donors (Lipinski definition) is 3. The molecule has 0 radical (unpaired) electrons. The van der Waals surface area contributed by atoms with Crippen molar-refractivity contribution in [1.29, 1.82) is 0 Å². The number of rotatable bonds is 12. The van der Waals surface area contributed by atoms with Gasteiger partial charge in [0.25, 0.3) is 0 Å². The summed E-state index contributed by atoms with van der Waals surface area (Å²) in [4.78, 5) is 12.8. The van der Waals surface area contributed by atoms with E-state index in [1.54, 1.807) is 4.57 Å². The van der Waals surface area contributed by atoms with Crippen LogP contribution in [0.15, 0.2) is 48.5 Å². The second kappa shape index (κ2) is 11.6. The van der Waals surface area contributed by atoms with Crippen molar-refractivity contribution in [2.75, 3.05) is 26.2 Å². The lowest BCUT2D eigenvalue weighted by Crippen LogP contribution is -2.31. The number of nitrogens with one attached hydrogen (secondary N) is 2. The zero-order chi connectivity index (χ0) is 20.3. The first kappa shape index (κ1) is 21.3. The largest absolute Gasteiger partial charge is 0.337 e. The number of amides is 1. The molecule has 29 heavy (non-hydrogen) atoms. The molecule has 0 fully saturated rings. The van der Waals surface area contributed by atoms with Gasteiger partial charge < -0.3 is 16.4 Å². The average Bonchev–Trinajstić information content (AvgIpc) is 3.09. The highest BCUT2D eigenvalue weighted by molar-refractivity contribution is 6.13. The van der Waals surface area contributed by atoms with Crippen molar-refractivity contribution in [3.8, 4) is 0 Å². The number of nitrogens with two attached hydrogens (primary N) is 1. The number of carbonyl (C=O) groups is 1. The van der Waals surface area contributed by atoms with Crippen LogP contribution in [0, 0.1) is 0 Å². The van der Waals surface area contributed by atoms with Crippen LogP contribution in [-0.4, -0.2) is 36.8 Å². The molecule has 0 aliphatic rings. The smallest absolute Gasteiger partial charge is 0.326 e. The van der Waals surface area contributed by atoms with Crippen molar-refractivity contribution in [2.45, 2.75) is 44.9 Å². The van der Waals surface area contributed by atoms with Gasteiger partial charge in [-0.2, -0.15) is 0 Å². The minimum Gasteiger partial charge on any atom is -0.337 e. The maximum atomic E-state index is 12.8. The van der Waals surface area contributed by atoms with Crippen LogP contribution in [0.4, 0.5) is 4.79 Å². The van der Waals surface area contributed by atoms with Crippen molar-refractivity contribution in [2.24, 2.45) is 5.73 Å². The first-order valence-corrected chi connectivity index (χ1v) is 11.0. The average molecular weight is 395 g/mol. The van der Waals surface area contributed by atoms with E-state index in [1.165, 1.54) is 32.1 Å². The van der Waals surface area contributed by atoms with Gasteiger partial charge in [0.1, 0.15) is 0 Å². The van der Waals surface area contributed by atoms with Crippen LogP contribution in [0.3, 0.4) is 0 Å². The number of para-hydroxylation sites is 2. The highest BCUT2D eigenvalue weighted by atomic mass is 16.2. The first-order chi connectivity index (χ1) is 14.3. The number of aromatic nitrogens is 1. The molecule has 1 heterocycles. The summed E-state index contributed by atoms with van der Waals surface area (Å²) in [5, 5.41) is 8.78. The Morgan fingerprint density at radius 2 is 1.28 bits per heavy atom. The van der Waals surface area contributed by atoms with E-state index in [4.69, 9.17) is 5.73 Å². The molecule has 0 bridgehead atoms. The maximum absolute atomic E-state index is 12.8. The lowest BCUT2D eigenvalue weighted by Gasteiger charge is -2.09. The summed E-state index contributed by atoms with van der Waals surface area (Å²) >= 11 is 0. The molecule has 0 saturated heterocycles. The van der Waals surface area contributed by atoms with Gasteiger partial charge in [-0.25, -0.2) is 4.79 Å². The van der Waals surface area contributed by atoms with E-state index >= 15 is 0 Å². The Bertz CT molecular complexity index is 849. The number of carbonyl (C=O) groups excluding carboxylic acids is 1. The second-order valence-corrected chi connectivity index (χ2v) is 7.62. The molecule has 5 heteroatoms. The molecule has 5 nitrogen and oxygen atoms in total. The number of nitrogens with zero attached hydrogens (tertiary/aromatic N) is 1. The zero-order valence-electron chi connectivity index (χ0n) is 17.3.